The van der Waals surface area contributed by atoms with Gasteiger partial charge in [0.05, 0.1) is 0 Å². The maximum atomic E-state index is 12.8. The second kappa shape index (κ2) is 9.08. The number of ether oxygens (including phenoxy) is 1. The summed E-state index contributed by atoms with van der Waals surface area (Å²) in [4.78, 5) is 19.1. The van der Waals surface area contributed by atoms with Gasteiger partial charge in [-0.2, -0.15) is 0 Å². The largest absolute Gasteiger partial charge is 0.444 e. The number of nitrogens with zero attached hydrogens (tertiary/aromatic N) is 2. The molecule has 7 atom stereocenters. The van der Waals surface area contributed by atoms with Gasteiger partial charge in [0.1, 0.15) is 5.60 Å². The lowest BCUT2D eigenvalue weighted by Gasteiger charge is -2.65. The first kappa shape index (κ1) is 26.8. The Labute approximate surface area is 235 Å². The van der Waals surface area contributed by atoms with Crippen LogP contribution < -0.4 is 0 Å². The fourth-order valence-corrected chi connectivity index (χ4v) is 9.69. The van der Waals surface area contributed by atoms with E-state index in [1.807, 2.05) is 45.1 Å². The zero-order valence-electron chi connectivity index (χ0n) is 25.2. The number of fused-ring (bicyclic) bond motifs is 6. The Morgan fingerprint density at radius 1 is 1.00 bits per heavy atom. The van der Waals surface area contributed by atoms with E-state index in [0.717, 1.165) is 24.7 Å². The van der Waals surface area contributed by atoms with Crippen molar-refractivity contribution in [1.82, 2.24) is 9.88 Å². The average Bonchev–Trinajstić information content (AvgIpc) is 3.17. The van der Waals surface area contributed by atoms with Crippen molar-refractivity contribution in [3.8, 4) is 0 Å². The molecule has 2 aromatic rings. The Bertz CT molecular complexity index is 1310. The lowest BCUT2D eigenvalue weighted by atomic mass is 9.40. The van der Waals surface area contributed by atoms with Crippen LogP contribution in [0.2, 0.25) is 0 Å². The van der Waals surface area contributed by atoms with Gasteiger partial charge in [0.25, 0.3) is 0 Å². The van der Waals surface area contributed by atoms with E-state index < -0.39 is 5.60 Å². The molecule has 0 N–H and O–H groups in total. The first-order valence-electron chi connectivity index (χ1n) is 15.4. The van der Waals surface area contributed by atoms with E-state index in [4.69, 9.17) is 4.74 Å². The smallest absolute Gasteiger partial charge is 0.410 e. The topological polar surface area (TPSA) is 42.4 Å². The Morgan fingerprint density at radius 2 is 1.79 bits per heavy atom. The number of aromatic nitrogens is 1. The molecule has 4 heteroatoms. The molecule has 0 radical (unpaired) electrons. The summed E-state index contributed by atoms with van der Waals surface area (Å²) in [6, 6.07) is 9.39. The van der Waals surface area contributed by atoms with Crippen LogP contribution in [0.15, 0.2) is 42.7 Å². The summed E-state index contributed by atoms with van der Waals surface area (Å²) >= 11 is 0. The molecular formula is C35H48N2O2. The summed E-state index contributed by atoms with van der Waals surface area (Å²) in [6.45, 7) is 13.7. The average molecular weight is 529 g/mol. The zero-order valence-corrected chi connectivity index (χ0v) is 25.2. The molecular weight excluding hydrogens is 480 g/mol. The molecule has 0 saturated heterocycles. The van der Waals surface area contributed by atoms with Crippen molar-refractivity contribution in [3.63, 3.8) is 0 Å². The lowest BCUT2D eigenvalue weighted by Crippen LogP contribution is -2.58. The van der Waals surface area contributed by atoms with Gasteiger partial charge >= 0.3 is 6.09 Å². The number of allylic oxidation sites excluding steroid dienone is 2. The highest BCUT2D eigenvalue weighted by molar-refractivity contribution is 5.87. The van der Waals surface area contributed by atoms with Crippen molar-refractivity contribution < 1.29 is 9.53 Å². The number of hydrogen-bond donors (Lipinski definition) is 0. The van der Waals surface area contributed by atoms with Gasteiger partial charge in [-0.15, -0.1) is 0 Å². The highest BCUT2D eigenvalue weighted by atomic mass is 16.6. The predicted molar refractivity (Wildman–Crippen MR) is 159 cm³/mol. The van der Waals surface area contributed by atoms with Crippen LogP contribution in [0.4, 0.5) is 4.79 Å². The molecule has 1 aromatic carbocycles. The molecule has 0 spiro atoms. The molecule has 1 amide bonds. The molecule has 3 fully saturated rings. The van der Waals surface area contributed by atoms with Crippen LogP contribution in [0.25, 0.3) is 16.3 Å². The van der Waals surface area contributed by atoms with Crippen molar-refractivity contribution in [1.29, 1.82) is 0 Å². The van der Waals surface area contributed by atoms with E-state index in [2.05, 4.69) is 56.1 Å². The number of carbonyl (C=O) groups is 1. The van der Waals surface area contributed by atoms with Gasteiger partial charge in [0.15, 0.2) is 0 Å². The number of amides is 1. The van der Waals surface area contributed by atoms with Gasteiger partial charge in [0, 0.05) is 30.9 Å². The molecule has 2 unspecified atom stereocenters. The van der Waals surface area contributed by atoms with Crippen LogP contribution in [0.1, 0.15) is 98.5 Å². The van der Waals surface area contributed by atoms with Gasteiger partial charge in [-0.05, 0) is 135 Å². The van der Waals surface area contributed by atoms with E-state index in [0.29, 0.717) is 22.8 Å². The molecule has 0 aliphatic heterocycles. The molecule has 6 rings (SSSR count). The first-order valence-corrected chi connectivity index (χ1v) is 15.4. The van der Waals surface area contributed by atoms with Crippen molar-refractivity contribution in [3.05, 3.63) is 48.3 Å². The van der Waals surface area contributed by atoms with Crippen LogP contribution >= 0.6 is 0 Å². The van der Waals surface area contributed by atoms with Crippen LogP contribution in [-0.4, -0.2) is 34.7 Å². The molecule has 39 heavy (non-hydrogen) atoms. The molecule has 4 nitrogen and oxygen atoms in total. The Morgan fingerprint density at radius 3 is 2.56 bits per heavy atom. The lowest BCUT2D eigenvalue weighted by molar-refractivity contribution is -0.141. The van der Waals surface area contributed by atoms with Crippen LogP contribution in [0.3, 0.4) is 0 Å². The third-order valence-corrected chi connectivity index (χ3v) is 12.2. The number of benzene rings is 1. The quantitative estimate of drug-likeness (QED) is 0.391. The van der Waals surface area contributed by atoms with E-state index in [1.54, 1.807) is 5.57 Å². The first-order chi connectivity index (χ1) is 18.4. The van der Waals surface area contributed by atoms with Crippen molar-refractivity contribution in [2.75, 3.05) is 7.05 Å². The van der Waals surface area contributed by atoms with E-state index in [-0.39, 0.29) is 11.5 Å². The van der Waals surface area contributed by atoms with E-state index >= 15 is 0 Å². The second-order valence-corrected chi connectivity index (χ2v) is 15.1. The molecule has 0 bridgehead atoms. The molecule has 4 aliphatic rings. The van der Waals surface area contributed by atoms with Crippen molar-refractivity contribution in [2.24, 2.45) is 34.0 Å². The van der Waals surface area contributed by atoms with Gasteiger partial charge < -0.3 is 9.64 Å². The Balaban J connectivity index is 1.22. The van der Waals surface area contributed by atoms with E-state index in [1.165, 1.54) is 54.9 Å². The maximum Gasteiger partial charge on any atom is 0.410 e. The molecule has 4 aliphatic carbocycles. The summed E-state index contributed by atoms with van der Waals surface area (Å²) in [6.07, 6.45) is 16.2. The van der Waals surface area contributed by atoms with Crippen LogP contribution in [-0.2, 0) is 4.74 Å². The highest BCUT2D eigenvalue weighted by Crippen LogP contribution is 2.72. The van der Waals surface area contributed by atoms with Crippen LogP contribution in [0.5, 0.6) is 0 Å². The van der Waals surface area contributed by atoms with Gasteiger partial charge in [-0.25, -0.2) is 4.79 Å². The molecule has 3 saturated carbocycles. The fourth-order valence-electron chi connectivity index (χ4n) is 9.69. The third kappa shape index (κ3) is 4.15. The Kier molecular flexibility index (Phi) is 6.25. The summed E-state index contributed by atoms with van der Waals surface area (Å²) in [5, 5.41) is 2.51. The second-order valence-electron chi connectivity index (χ2n) is 15.1. The minimum atomic E-state index is -0.450. The summed E-state index contributed by atoms with van der Waals surface area (Å²) in [5.41, 5.74) is 3.40. The normalized spacial score (nSPS) is 37.9. The van der Waals surface area contributed by atoms with Crippen LogP contribution in [0, 0.1) is 34.0 Å². The number of pyridine rings is 1. The number of rotatable bonds is 2. The number of hydrogen-bond acceptors (Lipinski definition) is 3. The van der Waals surface area contributed by atoms with Gasteiger partial charge in [-0.3, -0.25) is 4.98 Å². The predicted octanol–water partition coefficient (Wildman–Crippen LogP) is 8.90. The van der Waals surface area contributed by atoms with E-state index in [9.17, 15) is 4.79 Å². The summed E-state index contributed by atoms with van der Waals surface area (Å²) < 4.78 is 5.72. The molecule has 1 heterocycles. The standard InChI is InChI=1S/C35H48N2O2/c1-32(2,3)39-31(38)37(7)27-12-16-33(4)26(21-27)10-11-30-29(33)14-18-34(5)28(13-17-35(30,34)6)24-9-8-23-15-19-36-22-25(23)20-24/h8-9,13,15,19-20,22,26-27,29-30H,10-12,14,16-18,21H2,1-7H3/t26?,27-,29?,30+,33-,34+,35-/m0/s1. The molecule has 1 aromatic heterocycles. The van der Waals surface area contributed by atoms with Gasteiger partial charge in [-0.1, -0.05) is 39.0 Å². The zero-order chi connectivity index (χ0) is 27.8. The highest BCUT2D eigenvalue weighted by Gasteiger charge is 2.63. The summed E-state index contributed by atoms with van der Waals surface area (Å²) in [5.74, 6) is 2.22. The van der Waals surface area contributed by atoms with Gasteiger partial charge in [0.2, 0.25) is 0 Å². The maximum absolute atomic E-state index is 12.8. The monoisotopic (exact) mass is 528 g/mol. The third-order valence-electron chi connectivity index (χ3n) is 12.2. The Hall–Kier alpha value is -2.36. The minimum absolute atomic E-state index is 0.167. The SMILES string of the molecule is CN(C(=O)OC(C)(C)C)[C@H]1CC[C@@]2(C)C(CC[C@@H]3C2CC[C@]2(C)C(c4ccc5ccncc5c4)=CC[C@@]32C)C1. The minimum Gasteiger partial charge on any atom is -0.444 e. The van der Waals surface area contributed by atoms with Crippen molar-refractivity contribution >= 4 is 22.4 Å². The molecule has 210 valence electrons. The summed E-state index contributed by atoms with van der Waals surface area (Å²) in [7, 11) is 1.95. The van der Waals surface area contributed by atoms with Crippen molar-refractivity contribution in [2.45, 2.75) is 105 Å². The number of carbonyl (C=O) groups excluding carboxylic acids is 1. The fraction of sp³-hybridized carbons (Fsp3) is 0.657.